The van der Waals surface area contributed by atoms with E-state index in [1.165, 1.54) is 11.1 Å². The lowest BCUT2D eigenvalue weighted by atomic mass is 10.1. The molecule has 1 atom stereocenters. The molecule has 3 nitrogen and oxygen atoms in total. The SMILES string of the molecule is Cc1ccccc1CSC(C)C(=O)Nc1ccc(N)cc1. The predicted molar refractivity (Wildman–Crippen MR) is 91.4 cm³/mol. The van der Waals surface area contributed by atoms with Gasteiger partial charge in [0.05, 0.1) is 5.25 Å². The monoisotopic (exact) mass is 300 g/mol. The quantitative estimate of drug-likeness (QED) is 0.825. The number of hydrogen-bond donors (Lipinski definition) is 2. The molecule has 0 spiro atoms. The summed E-state index contributed by atoms with van der Waals surface area (Å²) in [5, 5.41) is 2.80. The molecule has 0 aromatic heterocycles. The third-order valence-electron chi connectivity index (χ3n) is 3.30. The van der Waals surface area contributed by atoms with Crippen molar-refractivity contribution in [1.29, 1.82) is 0 Å². The van der Waals surface area contributed by atoms with E-state index in [2.05, 4.69) is 24.4 Å². The number of aryl methyl sites for hydroxylation is 1. The van der Waals surface area contributed by atoms with E-state index in [1.807, 2.05) is 31.2 Å². The molecule has 3 N–H and O–H groups in total. The minimum Gasteiger partial charge on any atom is -0.399 e. The second-order valence-electron chi connectivity index (χ2n) is 4.99. The molecule has 0 saturated heterocycles. The van der Waals surface area contributed by atoms with Gasteiger partial charge in [-0.2, -0.15) is 0 Å². The van der Waals surface area contributed by atoms with Gasteiger partial charge in [-0.3, -0.25) is 4.79 Å². The Morgan fingerprint density at radius 3 is 2.52 bits per heavy atom. The van der Waals surface area contributed by atoms with Crippen LogP contribution in [0, 0.1) is 6.92 Å². The summed E-state index contributed by atoms with van der Waals surface area (Å²) in [6, 6.07) is 15.4. The molecule has 0 radical (unpaired) electrons. The van der Waals surface area contributed by atoms with Crippen LogP contribution in [0.25, 0.3) is 0 Å². The van der Waals surface area contributed by atoms with Gasteiger partial charge in [-0.05, 0) is 49.2 Å². The van der Waals surface area contributed by atoms with Gasteiger partial charge in [0.2, 0.25) is 5.91 Å². The lowest BCUT2D eigenvalue weighted by Crippen LogP contribution is -2.22. The lowest BCUT2D eigenvalue weighted by molar-refractivity contribution is -0.115. The standard InChI is InChI=1S/C17H20N2OS/c1-12-5-3-4-6-14(12)11-21-13(2)17(20)19-16-9-7-15(18)8-10-16/h3-10,13H,11,18H2,1-2H3,(H,19,20). The number of hydrogen-bond acceptors (Lipinski definition) is 3. The van der Waals surface area contributed by atoms with E-state index >= 15 is 0 Å². The van der Waals surface area contributed by atoms with Gasteiger partial charge in [0.15, 0.2) is 0 Å². The van der Waals surface area contributed by atoms with Crippen molar-refractivity contribution in [2.75, 3.05) is 11.1 Å². The van der Waals surface area contributed by atoms with Crippen LogP contribution >= 0.6 is 11.8 Å². The van der Waals surface area contributed by atoms with E-state index in [1.54, 1.807) is 23.9 Å². The van der Waals surface area contributed by atoms with Crippen LogP contribution in [0.4, 0.5) is 11.4 Å². The molecule has 0 fully saturated rings. The highest BCUT2D eigenvalue weighted by Gasteiger charge is 2.14. The van der Waals surface area contributed by atoms with Gasteiger partial charge >= 0.3 is 0 Å². The normalized spacial score (nSPS) is 11.9. The van der Waals surface area contributed by atoms with Crippen LogP contribution < -0.4 is 11.1 Å². The van der Waals surface area contributed by atoms with Crippen LogP contribution in [0.2, 0.25) is 0 Å². The summed E-state index contributed by atoms with van der Waals surface area (Å²) in [4.78, 5) is 12.1. The number of benzene rings is 2. The minimum atomic E-state index is -0.109. The summed E-state index contributed by atoms with van der Waals surface area (Å²) in [5.74, 6) is 0.849. The summed E-state index contributed by atoms with van der Waals surface area (Å²) >= 11 is 1.64. The summed E-state index contributed by atoms with van der Waals surface area (Å²) in [6.45, 7) is 4.02. The Balaban J connectivity index is 1.88. The van der Waals surface area contributed by atoms with E-state index in [0.717, 1.165) is 11.4 Å². The predicted octanol–water partition coefficient (Wildman–Crippen LogP) is 3.84. The maximum Gasteiger partial charge on any atom is 0.237 e. The van der Waals surface area contributed by atoms with Gasteiger partial charge in [-0.15, -0.1) is 11.8 Å². The minimum absolute atomic E-state index is 0.0124. The Morgan fingerprint density at radius 2 is 1.86 bits per heavy atom. The van der Waals surface area contributed by atoms with Gasteiger partial charge in [0.1, 0.15) is 0 Å². The molecule has 2 rings (SSSR count). The molecule has 0 aliphatic heterocycles. The van der Waals surface area contributed by atoms with E-state index in [0.29, 0.717) is 5.69 Å². The van der Waals surface area contributed by atoms with Crippen molar-refractivity contribution in [3.8, 4) is 0 Å². The van der Waals surface area contributed by atoms with Crippen LogP contribution in [-0.2, 0) is 10.5 Å². The number of carbonyl (C=O) groups is 1. The third kappa shape index (κ3) is 4.53. The van der Waals surface area contributed by atoms with Crippen LogP contribution in [-0.4, -0.2) is 11.2 Å². The zero-order valence-electron chi connectivity index (χ0n) is 12.3. The molecule has 2 aromatic carbocycles. The molecule has 110 valence electrons. The molecule has 0 heterocycles. The zero-order chi connectivity index (χ0) is 15.2. The van der Waals surface area contributed by atoms with Gasteiger partial charge < -0.3 is 11.1 Å². The van der Waals surface area contributed by atoms with E-state index < -0.39 is 0 Å². The van der Waals surface area contributed by atoms with Crippen molar-refractivity contribution < 1.29 is 4.79 Å². The van der Waals surface area contributed by atoms with Crippen LogP contribution in [0.5, 0.6) is 0 Å². The largest absolute Gasteiger partial charge is 0.399 e. The van der Waals surface area contributed by atoms with E-state index in [-0.39, 0.29) is 11.2 Å². The lowest BCUT2D eigenvalue weighted by Gasteiger charge is -2.13. The van der Waals surface area contributed by atoms with E-state index in [9.17, 15) is 4.79 Å². The smallest absolute Gasteiger partial charge is 0.237 e. The fourth-order valence-corrected chi connectivity index (χ4v) is 2.84. The topological polar surface area (TPSA) is 55.1 Å². The Bertz CT molecular complexity index is 610. The number of nitrogen functional groups attached to an aromatic ring is 1. The fourth-order valence-electron chi connectivity index (χ4n) is 1.87. The van der Waals surface area contributed by atoms with Crippen LogP contribution in [0.15, 0.2) is 48.5 Å². The van der Waals surface area contributed by atoms with Gasteiger partial charge in [-0.25, -0.2) is 0 Å². The number of rotatable bonds is 5. The molecule has 0 aliphatic carbocycles. The first-order chi connectivity index (χ1) is 10.1. The summed E-state index contributed by atoms with van der Waals surface area (Å²) in [6.07, 6.45) is 0. The third-order valence-corrected chi connectivity index (χ3v) is 4.49. The highest BCUT2D eigenvalue weighted by atomic mass is 32.2. The highest BCUT2D eigenvalue weighted by Crippen LogP contribution is 2.21. The number of amides is 1. The van der Waals surface area contributed by atoms with Gasteiger partial charge in [0.25, 0.3) is 0 Å². The summed E-state index contributed by atoms with van der Waals surface area (Å²) in [5.41, 5.74) is 9.63. The van der Waals surface area contributed by atoms with Crippen molar-refractivity contribution in [2.24, 2.45) is 0 Å². The Labute approximate surface area is 129 Å². The first-order valence-electron chi connectivity index (χ1n) is 6.89. The second-order valence-corrected chi connectivity index (χ2v) is 6.32. The van der Waals surface area contributed by atoms with Crippen molar-refractivity contribution in [1.82, 2.24) is 0 Å². The Hall–Kier alpha value is -1.94. The summed E-state index contributed by atoms with van der Waals surface area (Å²) in [7, 11) is 0. The zero-order valence-corrected chi connectivity index (χ0v) is 13.1. The number of thioether (sulfide) groups is 1. The molecule has 0 saturated carbocycles. The average Bonchev–Trinajstić information content (AvgIpc) is 2.48. The molecule has 0 aliphatic rings. The Morgan fingerprint density at radius 1 is 1.19 bits per heavy atom. The van der Waals surface area contributed by atoms with E-state index in [4.69, 9.17) is 5.73 Å². The van der Waals surface area contributed by atoms with Crippen molar-refractivity contribution in [2.45, 2.75) is 24.9 Å². The van der Waals surface area contributed by atoms with Crippen molar-refractivity contribution >= 4 is 29.0 Å². The number of nitrogens with one attached hydrogen (secondary N) is 1. The summed E-state index contributed by atoms with van der Waals surface area (Å²) < 4.78 is 0. The molecular weight excluding hydrogens is 280 g/mol. The van der Waals surface area contributed by atoms with Crippen LogP contribution in [0.3, 0.4) is 0 Å². The second kappa shape index (κ2) is 7.18. The maximum absolute atomic E-state index is 12.1. The first-order valence-corrected chi connectivity index (χ1v) is 7.93. The van der Waals surface area contributed by atoms with Gasteiger partial charge in [0, 0.05) is 17.1 Å². The number of nitrogens with two attached hydrogens (primary N) is 1. The average molecular weight is 300 g/mol. The molecule has 21 heavy (non-hydrogen) atoms. The maximum atomic E-state index is 12.1. The number of carbonyl (C=O) groups excluding carboxylic acids is 1. The molecule has 2 aromatic rings. The van der Waals surface area contributed by atoms with Crippen molar-refractivity contribution in [3.05, 3.63) is 59.7 Å². The molecule has 1 unspecified atom stereocenters. The van der Waals surface area contributed by atoms with Crippen LogP contribution in [0.1, 0.15) is 18.1 Å². The molecule has 4 heteroatoms. The first kappa shape index (κ1) is 15.4. The number of anilines is 2. The molecule has 1 amide bonds. The van der Waals surface area contributed by atoms with Crippen molar-refractivity contribution in [3.63, 3.8) is 0 Å². The fraction of sp³-hybridized carbons (Fsp3) is 0.235. The highest BCUT2D eigenvalue weighted by molar-refractivity contribution is 7.99. The molecule has 0 bridgehead atoms. The van der Waals surface area contributed by atoms with Gasteiger partial charge in [-0.1, -0.05) is 24.3 Å². The molecular formula is C17H20N2OS. The Kier molecular flexibility index (Phi) is 5.28.